The van der Waals surface area contributed by atoms with Crippen LogP contribution in [0.4, 0.5) is 0 Å². The van der Waals surface area contributed by atoms with Gasteiger partial charge in [0, 0.05) is 11.8 Å². The summed E-state index contributed by atoms with van der Waals surface area (Å²) in [7, 11) is 0. The fourth-order valence-electron chi connectivity index (χ4n) is 2.97. The zero-order valence-corrected chi connectivity index (χ0v) is 12.1. The molecule has 0 spiro atoms. The summed E-state index contributed by atoms with van der Waals surface area (Å²) in [4.78, 5) is 12.3. The smallest absolute Gasteiger partial charge is 0.267 e. The molecule has 1 aliphatic rings. The lowest BCUT2D eigenvalue weighted by Crippen LogP contribution is -2.19. The zero-order valence-electron chi connectivity index (χ0n) is 12.1. The fourth-order valence-corrected chi connectivity index (χ4v) is 2.97. The van der Waals surface area contributed by atoms with Crippen LogP contribution in [-0.2, 0) is 0 Å². The highest BCUT2D eigenvalue weighted by Gasteiger charge is 2.12. The molecule has 1 amide bonds. The van der Waals surface area contributed by atoms with Crippen molar-refractivity contribution in [1.82, 2.24) is 5.43 Å². The minimum Gasteiger partial charge on any atom is -0.267 e. The van der Waals surface area contributed by atoms with E-state index < -0.39 is 0 Å². The van der Waals surface area contributed by atoms with E-state index in [0.29, 0.717) is 11.5 Å². The lowest BCUT2D eigenvalue weighted by atomic mass is 9.90. The minimum absolute atomic E-state index is 0.140. The summed E-state index contributed by atoms with van der Waals surface area (Å²) in [6, 6.07) is 13.7. The van der Waals surface area contributed by atoms with Crippen LogP contribution >= 0.6 is 0 Å². The van der Waals surface area contributed by atoms with Crippen LogP contribution in [0.15, 0.2) is 47.6 Å². The molecule has 0 aromatic heterocycles. The largest absolute Gasteiger partial charge is 0.271 e. The van der Waals surface area contributed by atoms with Crippen molar-refractivity contribution in [3.05, 3.63) is 48.0 Å². The average Bonchev–Trinajstić information content (AvgIpc) is 2.55. The van der Waals surface area contributed by atoms with Crippen molar-refractivity contribution in [2.45, 2.75) is 32.1 Å². The van der Waals surface area contributed by atoms with Gasteiger partial charge >= 0.3 is 0 Å². The highest BCUT2D eigenvalue weighted by atomic mass is 16.2. The molecule has 0 saturated heterocycles. The average molecular weight is 280 g/mol. The Morgan fingerprint density at radius 3 is 2.67 bits per heavy atom. The molecule has 0 bridgehead atoms. The number of nitrogens with zero attached hydrogens (tertiary/aromatic N) is 1. The van der Waals surface area contributed by atoms with Crippen LogP contribution in [0.3, 0.4) is 0 Å². The maximum Gasteiger partial charge on any atom is 0.271 e. The molecule has 108 valence electrons. The second kappa shape index (κ2) is 6.53. The predicted octanol–water partition coefficient (Wildman–Crippen LogP) is 4.14. The highest BCUT2D eigenvalue weighted by molar-refractivity contribution is 6.07. The number of amides is 1. The Kier molecular flexibility index (Phi) is 4.29. The third-order valence-electron chi connectivity index (χ3n) is 4.14. The van der Waals surface area contributed by atoms with Crippen LogP contribution in [0.5, 0.6) is 0 Å². The number of hydrazone groups is 1. The van der Waals surface area contributed by atoms with E-state index in [0.717, 1.165) is 10.8 Å². The van der Waals surface area contributed by atoms with Crippen molar-refractivity contribution in [3.63, 3.8) is 0 Å². The third kappa shape index (κ3) is 3.30. The van der Waals surface area contributed by atoms with Crippen LogP contribution in [-0.4, -0.2) is 12.1 Å². The van der Waals surface area contributed by atoms with Crippen molar-refractivity contribution in [2.75, 3.05) is 0 Å². The second-order valence-electron chi connectivity index (χ2n) is 5.64. The Labute approximate surface area is 125 Å². The van der Waals surface area contributed by atoms with Crippen molar-refractivity contribution in [1.29, 1.82) is 0 Å². The number of hydrogen-bond acceptors (Lipinski definition) is 2. The normalized spacial score (nSPS) is 16.4. The molecule has 3 heteroatoms. The highest BCUT2D eigenvalue weighted by Crippen LogP contribution is 2.22. The summed E-state index contributed by atoms with van der Waals surface area (Å²) >= 11 is 0. The minimum atomic E-state index is -0.140. The van der Waals surface area contributed by atoms with E-state index in [-0.39, 0.29) is 5.91 Å². The number of fused-ring (bicyclic) bond motifs is 1. The summed E-state index contributed by atoms with van der Waals surface area (Å²) in [5, 5.41) is 6.19. The summed E-state index contributed by atoms with van der Waals surface area (Å²) in [5.41, 5.74) is 3.34. The number of nitrogens with one attached hydrogen (secondary N) is 1. The topological polar surface area (TPSA) is 41.5 Å². The lowest BCUT2D eigenvalue weighted by molar-refractivity contribution is 0.0956. The van der Waals surface area contributed by atoms with Crippen molar-refractivity contribution >= 4 is 22.9 Å². The monoisotopic (exact) mass is 280 g/mol. The van der Waals surface area contributed by atoms with Crippen LogP contribution in [0.25, 0.3) is 10.8 Å². The standard InChI is InChI=1S/C18H20N2O/c21-18(20-19-13-14-7-2-1-3-8-14)17-12-6-10-15-9-4-5-11-16(15)17/h4-6,9-14H,1-3,7-8H2,(H,20,21). The Morgan fingerprint density at radius 1 is 1.05 bits per heavy atom. The van der Waals surface area contributed by atoms with Crippen LogP contribution in [0.2, 0.25) is 0 Å². The van der Waals surface area contributed by atoms with E-state index in [2.05, 4.69) is 10.5 Å². The summed E-state index contributed by atoms with van der Waals surface area (Å²) in [6.45, 7) is 0. The van der Waals surface area contributed by atoms with E-state index in [1.54, 1.807) is 0 Å². The maximum absolute atomic E-state index is 12.3. The number of rotatable bonds is 3. The molecule has 1 N–H and O–H groups in total. The first-order chi connectivity index (χ1) is 10.3. The van der Waals surface area contributed by atoms with Gasteiger partial charge in [-0.05, 0) is 35.6 Å². The van der Waals surface area contributed by atoms with Gasteiger partial charge in [-0.25, -0.2) is 5.43 Å². The van der Waals surface area contributed by atoms with E-state index >= 15 is 0 Å². The Morgan fingerprint density at radius 2 is 1.81 bits per heavy atom. The number of carbonyl (C=O) groups excluding carboxylic acids is 1. The molecule has 3 nitrogen and oxygen atoms in total. The molecule has 0 aliphatic heterocycles. The molecule has 0 radical (unpaired) electrons. The third-order valence-corrected chi connectivity index (χ3v) is 4.14. The molecule has 2 aromatic rings. The molecular weight excluding hydrogens is 260 g/mol. The van der Waals surface area contributed by atoms with Crippen LogP contribution < -0.4 is 5.43 Å². The van der Waals surface area contributed by atoms with Crippen molar-refractivity contribution < 1.29 is 4.79 Å². The molecule has 1 fully saturated rings. The first-order valence-corrected chi connectivity index (χ1v) is 7.66. The molecule has 2 aromatic carbocycles. The molecule has 0 atom stereocenters. The first kappa shape index (κ1) is 13.8. The molecule has 1 aliphatic carbocycles. The van der Waals surface area contributed by atoms with Crippen molar-refractivity contribution in [2.24, 2.45) is 11.0 Å². The Bertz CT molecular complexity index is 652. The summed E-state index contributed by atoms with van der Waals surface area (Å²) < 4.78 is 0. The van der Waals surface area contributed by atoms with Gasteiger partial charge in [-0.1, -0.05) is 55.7 Å². The van der Waals surface area contributed by atoms with Gasteiger partial charge in [-0.2, -0.15) is 5.10 Å². The van der Waals surface area contributed by atoms with Gasteiger partial charge in [-0.3, -0.25) is 4.79 Å². The first-order valence-electron chi connectivity index (χ1n) is 7.66. The van der Waals surface area contributed by atoms with Crippen LogP contribution in [0.1, 0.15) is 42.5 Å². The molecule has 21 heavy (non-hydrogen) atoms. The number of hydrogen-bond donors (Lipinski definition) is 1. The number of benzene rings is 2. The lowest BCUT2D eigenvalue weighted by Gasteiger charge is -2.16. The van der Waals surface area contributed by atoms with E-state index in [1.165, 1.54) is 32.1 Å². The molecule has 0 unspecified atom stereocenters. The Hall–Kier alpha value is -2.16. The second-order valence-corrected chi connectivity index (χ2v) is 5.64. The van der Waals surface area contributed by atoms with E-state index in [1.807, 2.05) is 48.7 Å². The summed E-state index contributed by atoms with van der Waals surface area (Å²) in [5.74, 6) is 0.380. The van der Waals surface area contributed by atoms with Gasteiger partial charge in [0.05, 0.1) is 0 Å². The fraction of sp³-hybridized carbons (Fsp3) is 0.333. The van der Waals surface area contributed by atoms with Gasteiger partial charge in [0.25, 0.3) is 5.91 Å². The van der Waals surface area contributed by atoms with Crippen LogP contribution in [0, 0.1) is 5.92 Å². The maximum atomic E-state index is 12.3. The predicted molar refractivity (Wildman–Crippen MR) is 86.5 cm³/mol. The molecular formula is C18H20N2O. The molecule has 3 rings (SSSR count). The SMILES string of the molecule is O=C(NN=CC1CCCCC1)c1cccc2ccccc12. The van der Waals surface area contributed by atoms with Gasteiger partial charge in [0.15, 0.2) is 0 Å². The van der Waals surface area contributed by atoms with Crippen molar-refractivity contribution in [3.8, 4) is 0 Å². The quantitative estimate of drug-likeness (QED) is 0.666. The Balaban J connectivity index is 1.70. The zero-order chi connectivity index (χ0) is 14.5. The molecule has 1 saturated carbocycles. The van der Waals surface area contributed by atoms with Gasteiger partial charge in [-0.15, -0.1) is 0 Å². The van der Waals surface area contributed by atoms with Gasteiger partial charge < -0.3 is 0 Å². The van der Waals surface area contributed by atoms with E-state index in [9.17, 15) is 4.79 Å². The summed E-state index contributed by atoms with van der Waals surface area (Å²) in [6.07, 6.45) is 8.15. The van der Waals surface area contributed by atoms with E-state index in [4.69, 9.17) is 0 Å². The van der Waals surface area contributed by atoms with Gasteiger partial charge in [0.2, 0.25) is 0 Å². The molecule has 0 heterocycles. The number of carbonyl (C=O) groups is 1. The van der Waals surface area contributed by atoms with Gasteiger partial charge in [0.1, 0.15) is 0 Å².